The zero-order valence-corrected chi connectivity index (χ0v) is 18.0. The number of carbonyl (C=O) groups excluding carboxylic acids is 1. The Morgan fingerprint density at radius 2 is 1.94 bits per heavy atom. The molecule has 0 saturated carbocycles. The number of nitrogens with zero attached hydrogens (tertiary/aromatic N) is 1. The van der Waals surface area contributed by atoms with Gasteiger partial charge in [0, 0.05) is 18.7 Å². The molecule has 0 radical (unpaired) electrons. The van der Waals surface area contributed by atoms with Crippen LogP contribution in [0.3, 0.4) is 0 Å². The summed E-state index contributed by atoms with van der Waals surface area (Å²) in [5, 5.41) is 3.17. The molecule has 166 valence electrons. The summed E-state index contributed by atoms with van der Waals surface area (Å²) in [7, 11) is 3.26. The van der Waals surface area contributed by atoms with E-state index in [9.17, 15) is 9.18 Å². The zero-order valence-electron chi connectivity index (χ0n) is 18.0. The van der Waals surface area contributed by atoms with Crippen molar-refractivity contribution in [3.8, 4) is 11.5 Å². The molecule has 2 aromatic carbocycles. The Labute approximate surface area is 182 Å². The summed E-state index contributed by atoms with van der Waals surface area (Å²) in [5.41, 5.74) is 1.78. The molecule has 0 aliphatic carbocycles. The molecule has 7 heteroatoms. The molecule has 4 rings (SSSR count). The third kappa shape index (κ3) is 4.61. The highest BCUT2D eigenvalue weighted by Crippen LogP contribution is 2.39. The molecule has 1 N–H and O–H groups in total. The van der Waals surface area contributed by atoms with Crippen LogP contribution < -0.4 is 14.8 Å². The van der Waals surface area contributed by atoms with E-state index in [1.807, 2.05) is 23.1 Å². The van der Waals surface area contributed by atoms with Crippen molar-refractivity contribution >= 4 is 6.03 Å². The Kier molecular flexibility index (Phi) is 6.61. The van der Waals surface area contributed by atoms with Crippen molar-refractivity contribution in [1.82, 2.24) is 10.2 Å². The molecule has 2 heterocycles. The van der Waals surface area contributed by atoms with Crippen molar-refractivity contribution < 1.29 is 23.4 Å². The van der Waals surface area contributed by atoms with E-state index in [1.54, 1.807) is 26.4 Å². The highest BCUT2D eigenvalue weighted by Gasteiger charge is 2.35. The SMILES string of the molecule is COc1ccc(OC)c(C2CCCN2C(=O)NC(c2ccc(F)cc2)C2CCCO2)c1. The van der Waals surface area contributed by atoms with Gasteiger partial charge < -0.3 is 24.4 Å². The fourth-order valence-electron chi connectivity index (χ4n) is 4.58. The lowest BCUT2D eigenvalue weighted by atomic mass is 9.99. The maximum absolute atomic E-state index is 13.5. The largest absolute Gasteiger partial charge is 0.497 e. The van der Waals surface area contributed by atoms with Gasteiger partial charge in [0.2, 0.25) is 0 Å². The van der Waals surface area contributed by atoms with Crippen LogP contribution in [0, 0.1) is 5.82 Å². The Balaban J connectivity index is 1.57. The van der Waals surface area contributed by atoms with Crippen LogP contribution in [-0.2, 0) is 4.74 Å². The summed E-state index contributed by atoms with van der Waals surface area (Å²) in [6.07, 6.45) is 3.43. The monoisotopic (exact) mass is 428 g/mol. The molecule has 0 bridgehead atoms. The average Bonchev–Trinajstić information content (AvgIpc) is 3.50. The quantitative estimate of drug-likeness (QED) is 0.730. The molecule has 2 aliphatic rings. The van der Waals surface area contributed by atoms with Crippen LogP contribution >= 0.6 is 0 Å². The van der Waals surface area contributed by atoms with Crippen LogP contribution in [0.5, 0.6) is 11.5 Å². The smallest absolute Gasteiger partial charge is 0.318 e. The number of hydrogen-bond acceptors (Lipinski definition) is 4. The highest BCUT2D eigenvalue weighted by molar-refractivity contribution is 5.76. The number of ether oxygens (including phenoxy) is 3. The summed E-state index contributed by atoms with van der Waals surface area (Å²) in [4.78, 5) is 15.3. The minimum atomic E-state index is -0.330. The van der Waals surface area contributed by atoms with Gasteiger partial charge in [-0.25, -0.2) is 9.18 Å². The lowest BCUT2D eigenvalue weighted by Gasteiger charge is -2.31. The Bertz CT molecular complexity index is 899. The number of carbonyl (C=O) groups is 1. The van der Waals surface area contributed by atoms with E-state index in [1.165, 1.54) is 12.1 Å². The van der Waals surface area contributed by atoms with Crippen LogP contribution in [0.4, 0.5) is 9.18 Å². The molecule has 2 fully saturated rings. The molecule has 2 amide bonds. The first-order valence-electron chi connectivity index (χ1n) is 10.8. The predicted molar refractivity (Wildman–Crippen MR) is 115 cm³/mol. The number of halogens is 1. The van der Waals surface area contributed by atoms with E-state index in [0.717, 1.165) is 48.3 Å². The first-order valence-corrected chi connectivity index (χ1v) is 10.8. The third-order valence-corrected chi connectivity index (χ3v) is 6.15. The molecule has 3 unspecified atom stereocenters. The fraction of sp³-hybridized carbons (Fsp3) is 0.458. The second kappa shape index (κ2) is 9.56. The second-order valence-electron chi connectivity index (χ2n) is 7.99. The lowest BCUT2D eigenvalue weighted by molar-refractivity contribution is 0.0775. The Hall–Kier alpha value is -2.80. The Morgan fingerprint density at radius 1 is 1.13 bits per heavy atom. The van der Waals surface area contributed by atoms with E-state index in [4.69, 9.17) is 14.2 Å². The van der Waals surface area contributed by atoms with Gasteiger partial charge in [-0.05, 0) is 61.6 Å². The van der Waals surface area contributed by atoms with Crippen LogP contribution in [0.1, 0.15) is 48.9 Å². The van der Waals surface area contributed by atoms with Crippen LogP contribution in [0.2, 0.25) is 0 Å². The van der Waals surface area contributed by atoms with Gasteiger partial charge in [0.15, 0.2) is 0 Å². The second-order valence-corrected chi connectivity index (χ2v) is 7.99. The number of nitrogens with one attached hydrogen (secondary N) is 1. The van der Waals surface area contributed by atoms with Gasteiger partial charge in [-0.1, -0.05) is 12.1 Å². The molecular formula is C24H29FN2O4. The number of rotatable bonds is 6. The lowest BCUT2D eigenvalue weighted by Crippen LogP contribution is -2.44. The molecule has 2 aliphatic heterocycles. The van der Waals surface area contributed by atoms with E-state index < -0.39 is 0 Å². The van der Waals surface area contributed by atoms with E-state index in [2.05, 4.69) is 5.32 Å². The maximum atomic E-state index is 13.5. The van der Waals surface area contributed by atoms with Gasteiger partial charge in [0.25, 0.3) is 0 Å². The summed E-state index contributed by atoms with van der Waals surface area (Å²) >= 11 is 0. The summed E-state index contributed by atoms with van der Waals surface area (Å²) in [6, 6.07) is 11.3. The van der Waals surface area contributed by atoms with Crippen LogP contribution in [-0.4, -0.2) is 44.4 Å². The fourth-order valence-corrected chi connectivity index (χ4v) is 4.58. The molecule has 6 nitrogen and oxygen atoms in total. The van der Waals surface area contributed by atoms with E-state index in [0.29, 0.717) is 13.2 Å². The highest BCUT2D eigenvalue weighted by atomic mass is 19.1. The predicted octanol–water partition coefficient (Wildman–Crippen LogP) is 4.61. The van der Waals surface area contributed by atoms with Gasteiger partial charge in [0.1, 0.15) is 17.3 Å². The minimum Gasteiger partial charge on any atom is -0.497 e. The molecule has 2 saturated heterocycles. The van der Waals surface area contributed by atoms with E-state index in [-0.39, 0.29) is 30.0 Å². The van der Waals surface area contributed by atoms with Crippen molar-refractivity contribution in [1.29, 1.82) is 0 Å². The normalized spacial score (nSPS) is 21.7. The number of methoxy groups -OCH3 is 2. The molecule has 0 spiro atoms. The number of likely N-dealkylation sites (tertiary alicyclic amines) is 1. The van der Waals surface area contributed by atoms with Gasteiger partial charge >= 0.3 is 6.03 Å². The molecule has 2 aromatic rings. The van der Waals surface area contributed by atoms with Crippen molar-refractivity contribution in [2.24, 2.45) is 0 Å². The van der Waals surface area contributed by atoms with Crippen molar-refractivity contribution in [2.45, 2.75) is 43.9 Å². The van der Waals surface area contributed by atoms with Gasteiger partial charge in [-0.2, -0.15) is 0 Å². The topological polar surface area (TPSA) is 60.0 Å². The molecule has 31 heavy (non-hydrogen) atoms. The third-order valence-electron chi connectivity index (χ3n) is 6.15. The van der Waals surface area contributed by atoms with Crippen molar-refractivity contribution in [3.05, 3.63) is 59.4 Å². The van der Waals surface area contributed by atoms with Gasteiger partial charge in [-0.3, -0.25) is 0 Å². The number of hydrogen-bond donors (Lipinski definition) is 1. The maximum Gasteiger partial charge on any atom is 0.318 e. The molecular weight excluding hydrogens is 399 g/mol. The van der Waals surface area contributed by atoms with Crippen molar-refractivity contribution in [2.75, 3.05) is 27.4 Å². The van der Waals surface area contributed by atoms with Crippen LogP contribution in [0.25, 0.3) is 0 Å². The Morgan fingerprint density at radius 3 is 2.61 bits per heavy atom. The first-order chi connectivity index (χ1) is 15.1. The molecule has 3 atom stereocenters. The van der Waals surface area contributed by atoms with E-state index >= 15 is 0 Å². The minimum absolute atomic E-state index is 0.108. The standard InChI is InChI=1S/C24H29FN2O4/c1-29-18-11-12-21(30-2)19(15-18)20-5-3-13-27(20)24(28)26-23(22-6-4-14-31-22)16-7-9-17(25)10-8-16/h7-12,15,20,22-23H,3-6,13-14H2,1-2H3,(H,26,28). The summed E-state index contributed by atoms with van der Waals surface area (Å²) < 4.78 is 30.3. The van der Waals surface area contributed by atoms with Crippen molar-refractivity contribution in [3.63, 3.8) is 0 Å². The summed E-state index contributed by atoms with van der Waals surface area (Å²) in [6.45, 7) is 1.32. The molecule has 0 aromatic heterocycles. The van der Waals surface area contributed by atoms with Gasteiger partial charge in [-0.15, -0.1) is 0 Å². The first kappa shape index (κ1) is 21.4. The number of amides is 2. The zero-order chi connectivity index (χ0) is 21.8. The summed E-state index contributed by atoms with van der Waals surface area (Å²) in [5.74, 6) is 1.16. The average molecular weight is 429 g/mol. The number of benzene rings is 2. The van der Waals surface area contributed by atoms with Gasteiger partial charge in [0.05, 0.1) is 32.4 Å². The van der Waals surface area contributed by atoms with Crippen LogP contribution in [0.15, 0.2) is 42.5 Å². The number of urea groups is 1.